The fraction of sp³-hybridized carbons (Fsp3) is 0.318. The van der Waals surface area contributed by atoms with Crippen LogP contribution in [0.25, 0.3) is 0 Å². The maximum Gasteiger partial charge on any atom is 0.295 e. The van der Waals surface area contributed by atoms with E-state index in [-0.39, 0.29) is 28.6 Å². The van der Waals surface area contributed by atoms with Crippen molar-refractivity contribution < 1.29 is 18.7 Å². The second-order valence-corrected chi connectivity index (χ2v) is 8.22. The van der Waals surface area contributed by atoms with Crippen LogP contribution in [0.5, 0.6) is 0 Å². The number of Topliss-reactive ketones (excluding diaryl/α,β-unsaturated/α-hetero) is 1. The molecule has 1 aliphatic carbocycles. The van der Waals surface area contributed by atoms with E-state index in [1.54, 1.807) is 36.5 Å². The van der Waals surface area contributed by atoms with Gasteiger partial charge in [-0.1, -0.05) is 18.2 Å². The van der Waals surface area contributed by atoms with Crippen molar-refractivity contribution in [2.75, 3.05) is 4.90 Å². The van der Waals surface area contributed by atoms with Crippen LogP contribution < -0.4 is 4.90 Å². The van der Waals surface area contributed by atoms with Gasteiger partial charge >= 0.3 is 0 Å². The van der Waals surface area contributed by atoms with Gasteiger partial charge in [-0.05, 0) is 49.1 Å². The highest BCUT2D eigenvalue weighted by atomic mass is 35.5. The largest absolute Gasteiger partial charge is 0.483 e. The fourth-order valence-corrected chi connectivity index (χ4v) is 4.86. The number of aromatic nitrogens is 1. The number of carbonyl (C=O) groups is 2. The number of alkyl halides is 1. The lowest BCUT2D eigenvalue weighted by atomic mass is 9.77. The lowest BCUT2D eigenvalue weighted by Gasteiger charge is -2.37. The molecule has 7 heteroatoms. The van der Waals surface area contributed by atoms with Crippen molar-refractivity contribution >= 4 is 29.1 Å². The molecule has 1 fully saturated rings. The third-order valence-corrected chi connectivity index (χ3v) is 6.24. The van der Waals surface area contributed by atoms with E-state index in [4.69, 9.17) is 16.3 Å². The molecule has 1 aromatic heterocycles. The molecule has 4 unspecified atom stereocenters. The summed E-state index contributed by atoms with van der Waals surface area (Å²) in [5.41, 5.74) is 0.779. The Labute approximate surface area is 172 Å². The summed E-state index contributed by atoms with van der Waals surface area (Å²) in [6.07, 6.45) is 3.10. The minimum absolute atomic E-state index is 0.0594. The highest BCUT2D eigenvalue weighted by Gasteiger charge is 2.53. The minimum Gasteiger partial charge on any atom is -0.483 e. The van der Waals surface area contributed by atoms with Crippen LogP contribution in [-0.4, -0.2) is 28.2 Å². The van der Waals surface area contributed by atoms with E-state index in [1.807, 2.05) is 0 Å². The molecule has 5 nitrogen and oxygen atoms in total. The Hall–Kier alpha value is -2.73. The van der Waals surface area contributed by atoms with Gasteiger partial charge in [-0.15, -0.1) is 11.6 Å². The molecule has 3 heterocycles. The topological polar surface area (TPSA) is 59.5 Å². The Morgan fingerprint density at radius 1 is 1.14 bits per heavy atom. The van der Waals surface area contributed by atoms with Gasteiger partial charge in [0.05, 0.1) is 17.5 Å². The van der Waals surface area contributed by atoms with E-state index >= 15 is 0 Å². The van der Waals surface area contributed by atoms with Gasteiger partial charge in [0.2, 0.25) is 0 Å². The molecule has 0 saturated heterocycles. The van der Waals surface area contributed by atoms with Gasteiger partial charge in [0.15, 0.2) is 11.5 Å². The zero-order valence-electron chi connectivity index (χ0n) is 15.4. The predicted octanol–water partition coefficient (Wildman–Crippen LogP) is 3.94. The van der Waals surface area contributed by atoms with Crippen LogP contribution in [0.2, 0.25) is 0 Å². The minimum atomic E-state index is -0.785. The van der Waals surface area contributed by atoms with Crippen molar-refractivity contribution in [3.05, 3.63) is 71.4 Å². The first-order chi connectivity index (χ1) is 14.0. The quantitative estimate of drug-likeness (QED) is 0.701. The maximum atomic E-state index is 14.0. The summed E-state index contributed by atoms with van der Waals surface area (Å²) in [5.74, 6) is -0.946. The second kappa shape index (κ2) is 6.95. The summed E-state index contributed by atoms with van der Waals surface area (Å²) in [7, 11) is 0. The zero-order chi connectivity index (χ0) is 20.1. The Kier molecular flexibility index (Phi) is 4.39. The van der Waals surface area contributed by atoms with Gasteiger partial charge in [-0.3, -0.25) is 14.5 Å². The standard InChI is InChI=1S/C22H18ClFN2O3/c23-13-7-8-16-15(11-13)20(27)18-19(12-4-3-5-14(24)10-12)26(22(28)21(18)29-16)17-6-1-2-9-25-17/h1-6,9-10,13,15-16,19H,7-8,11H2. The summed E-state index contributed by atoms with van der Waals surface area (Å²) in [6, 6.07) is 10.3. The second-order valence-electron chi connectivity index (χ2n) is 7.60. The third kappa shape index (κ3) is 2.94. The smallest absolute Gasteiger partial charge is 0.295 e. The number of carbonyl (C=O) groups excluding carboxylic acids is 2. The number of rotatable bonds is 2. The van der Waals surface area contributed by atoms with Gasteiger partial charge in [0.25, 0.3) is 5.91 Å². The van der Waals surface area contributed by atoms with Gasteiger partial charge in [0, 0.05) is 11.6 Å². The lowest BCUT2D eigenvalue weighted by molar-refractivity contribution is -0.131. The zero-order valence-corrected chi connectivity index (χ0v) is 16.2. The van der Waals surface area contributed by atoms with Crippen molar-refractivity contribution in [1.29, 1.82) is 0 Å². The van der Waals surface area contributed by atoms with Crippen LogP contribution in [0, 0.1) is 11.7 Å². The van der Waals surface area contributed by atoms with Crippen LogP contribution >= 0.6 is 11.6 Å². The molecule has 148 valence electrons. The van der Waals surface area contributed by atoms with Crippen LogP contribution in [-0.2, 0) is 14.3 Å². The molecule has 1 aromatic carbocycles. The average Bonchev–Trinajstić information content (AvgIpc) is 3.02. The summed E-state index contributed by atoms with van der Waals surface area (Å²) in [5, 5.41) is -0.0948. The number of anilines is 1. The molecule has 2 aliphatic heterocycles. The third-order valence-electron chi connectivity index (χ3n) is 5.84. The number of fused-ring (bicyclic) bond motifs is 1. The average molecular weight is 413 g/mol. The van der Waals surface area contributed by atoms with Crippen LogP contribution in [0.3, 0.4) is 0 Å². The van der Waals surface area contributed by atoms with Crippen molar-refractivity contribution in [3.63, 3.8) is 0 Å². The molecule has 2 aromatic rings. The first-order valence-corrected chi connectivity index (χ1v) is 10.1. The number of amides is 1. The van der Waals surface area contributed by atoms with Gasteiger partial charge in [0.1, 0.15) is 17.7 Å². The highest BCUT2D eigenvalue weighted by molar-refractivity contribution is 6.21. The molecular formula is C22H18ClFN2O3. The van der Waals surface area contributed by atoms with Crippen LogP contribution in [0.4, 0.5) is 10.2 Å². The number of ketones is 1. The number of benzene rings is 1. The van der Waals surface area contributed by atoms with Gasteiger partial charge < -0.3 is 4.74 Å². The Balaban J connectivity index is 1.66. The molecule has 0 radical (unpaired) electrons. The van der Waals surface area contributed by atoms with E-state index in [9.17, 15) is 14.0 Å². The van der Waals surface area contributed by atoms with Gasteiger partial charge in [-0.25, -0.2) is 9.37 Å². The summed E-state index contributed by atoms with van der Waals surface area (Å²) >= 11 is 6.31. The highest BCUT2D eigenvalue weighted by Crippen LogP contribution is 2.48. The first-order valence-electron chi connectivity index (χ1n) is 9.63. The number of hydrogen-bond acceptors (Lipinski definition) is 4. The monoisotopic (exact) mass is 412 g/mol. The van der Waals surface area contributed by atoms with E-state index in [0.29, 0.717) is 24.2 Å². The summed E-state index contributed by atoms with van der Waals surface area (Å²) in [4.78, 5) is 32.5. The fourth-order valence-electron chi connectivity index (χ4n) is 4.54. The molecule has 0 N–H and O–H groups in total. The van der Waals surface area contributed by atoms with Crippen LogP contribution in [0.1, 0.15) is 30.9 Å². The number of halogens is 2. The van der Waals surface area contributed by atoms with Crippen molar-refractivity contribution in [2.24, 2.45) is 5.92 Å². The summed E-state index contributed by atoms with van der Waals surface area (Å²) < 4.78 is 20.1. The van der Waals surface area contributed by atoms with E-state index < -0.39 is 23.7 Å². The molecule has 5 rings (SSSR count). The first kappa shape index (κ1) is 18.3. The van der Waals surface area contributed by atoms with E-state index in [1.165, 1.54) is 17.0 Å². The number of hydrogen-bond donors (Lipinski definition) is 0. The van der Waals surface area contributed by atoms with E-state index in [2.05, 4.69) is 4.98 Å². The SMILES string of the molecule is O=C1C2=C(OC3CCC(Cl)CC13)C(=O)N(c1ccccn1)C2c1cccc(F)c1. The number of nitrogens with zero attached hydrogens (tertiary/aromatic N) is 2. The van der Waals surface area contributed by atoms with Gasteiger partial charge in [-0.2, -0.15) is 0 Å². The normalized spacial score (nSPS) is 28.8. The predicted molar refractivity (Wildman–Crippen MR) is 105 cm³/mol. The molecule has 3 aliphatic rings. The van der Waals surface area contributed by atoms with Crippen molar-refractivity contribution in [2.45, 2.75) is 36.8 Å². The molecule has 0 bridgehead atoms. The molecule has 1 amide bonds. The van der Waals surface area contributed by atoms with Crippen LogP contribution in [0.15, 0.2) is 60.0 Å². The molecule has 4 atom stereocenters. The number of ether oxygens (including phenoxy) is 1. The maximum absolute atomic E-state index is 14.0. The lowest BCUT2D eigenvalue weighted by Crippen LogP contribution is -2.41. The molecule has 29 heavy (non-hydrogen) atoms. The van der Waals surface area contributed by atoms with E-state index in [0.717, 1.165) is 6.42 Å². The Bertz CT molecular complexity index is 1030. The molecular weight excluding hydrogens is 395 g/mol. The molecule has 0 spiro atoms. The van der Waals surface area contributed by atoms with Crippen molar-refractivity contribution in [1.82, 2.24) is 4.98 Å². The Morgan fingerprint density at radius 3 is 2.76 bits per heavy atom. The molecule has 1 saturated carbocycles. The Morgan fingerprint density at radius 2 is 2.00 bits per heavy atom. The number of pyridine rings is 1. The summed E-state index contributed by atoms with van der Waals surface area (Å²) in [6.45, 7) is 0. The van der Waals surface area contributed by atoms with Crippen molar-refractivity contribution in [3.8, 4) is 0 Å².